The molecule has 3 heteroatoms. The van der Waals surface area contributed by atoms with Crippen LogP contribution in [0, 0.1) is 6.92 Å². The maximum absolute atomic E-state index is 11.0. The monoisotopic (exact) mass is 210 g/mol. The van der Waals surface area contributed by atoms with E-state index < -0.39 is 0 Å². The van der Waals surface area contributed by atoms with Crippen LogP contribution in [0.25, 0.3) is 0 Å². The second-order valence-electron chi connectivity index (χ2n) is 4.37. The zero-order valence-electron chi connectivity index (χ0n) is 9.79. The lowest BCUT2D eigenvalue weighted by atomic mass is 9.85. The number of methoxy groups -OCH3 is 1. The Morgan fingerprint density at radius 1 is 1.47 bits per heavy atom. The molecule has 0 aromatic carbocycles. The maximum Gasteiger partial charge on any atom is 0.305 e. The lowest BCUT2D eigenvalue weighted by Gasteiger charge is -2.21. The third-order valence-electron chi connectivity index (χ3n) is 2.59. The Kier molecular flexibility index (Phi) is 3.56. The van der Waals surface area contributed by atoms with Gasteiger partial charge in [-0.2, -0.15) is 0 Å². The van der Waals surface area contributed by atoms with Crippen molar-refractivity contribution in [2.45, 2.75) is 39.0 Å². The number of ether oxygens (including phenoxy) is 1. The second kappa shape index (κ2) is 4.51. The van der Waals surface area contributed by atoms with E-state index in [1.54, 1.807) is 0 Å². The van der Waals surface area contributed by atoms with Crippen molar-refractivity contribution in [2.75, 3.05) is 7.11 Å². The van der Waals surface area contributed by atoms with Crippen LogP contribution in [0.1, 0.15) is 38.2 Å². The average Bonchev–Trinajstić information content (AvgIpc) is 2.62. The quantitative estimate of drug-likeness (QED) is 0.717. The fraction of sp³-hybridized carbons (Fsp3) is 0.583. The summed E-state index contributed by atoms with van der Waals surface area (Å²) in [6, 6.07) is 3.90. The summed E-state index contributed by atoms with van der Waals surface area (Å²) < 4.78 is 10.2. The highest BCUT2D eigenvalue weighted by atomic mass is 16.5. The van der Waals surface area contributed by atoms with Gasteiger partial charge in [0.2, 0.25) is 0 Å². The predicted octanol–water partition coefficient (Wildman–Crippen LogP) is 2.82. The van der Waals surface area contributed by atoms with Crippen molar-refractivity contribution in [3.05, 3.63) is 23.7 Å². The molecule has 1 aromatic rings. The highest BCUT2D eigenvalue weighted by Crippen LogP contribution is 2.29. The Bertz CT molecular complexity index is 336. The van der Waals surface area contributed by atoms with Gasteiger partial charge in [-0.05, 0) is 25.5 Å². The van der Waals surface area contributed by atoms with E-state index in [2.05, 4.69) is 18.6 Å². The summed E-state index contributed by atoms with van der Waals surface area (Å²) in [5.74, 6) is 1.64. The molecule has 15 heavy (non-hydrogen) atoms. The molecule has 0 unspecified atom stereocenters. The zero-order chi connectivity index (χ0) is 11.5. The van der Waals surface area contributed by atoms with E-state index in [0.717, 1.165) is 17.9 Å². The minimum Gasteiger partial charge on any atom is -0.469 e. The topological polar surface area (TPSA) is 39.4 Å². The van der Waals surface area contributed by atoms with E-state index in [9.17, 15) is 4.79 Å². The number of hydrogen-bond donors (Lipinski definition) is 0. The molecular formula is C12H18O3. The van der Waals surface area contributed by atoms with Gasteiger partial charge in [-0.1, -0.05) is 13.8 Å². The highest BCUT2D eigenvalue weighted by molar-refractivity contribution is 5.69. The minimum absolute atomic E-state index is 0.123. The molecule has 0 spiro atoms. The average molecular weight is 210 g/mol. The van der Waals surface area contributed by atoms with Crippen LogP contribution < -0.4 is 0 Å². The number of rotatable bonds is 4. The van der Waals surface area contributed by atoms with Crippen molar-refractivity contribution in [3.8, 4) is 0 Å². The number of hydrogen-bond acceptors (Lipinski definition) is 3. The lowest BCUT2D eigenvalue weighted by molar-refractivity contribution is -0.141. The molecule has 3 nitrogen and oxygen atoms in total. The van der Waals surface area contributed by atoms with Gasteiger partial charge in [0, 0.05) is 11.8 Å². The first-order chi connectivity index (χ1) is 6.95. The summed E-state index contributed by atoms with van der Waals surface area (Å²) in [7, 11) is 1.41. The van der Waals surface area contributed by atoms with Gasteiger partial charge < -0.3 is 9.15 Å². The molecule has 84 valence electrons. The maximum atomic E-state index is 11.0. The number of carbonyl (C=O) groups excluding carboxylic acids is 1. The molecule has 0 atom stereocenters. The SMILES string of the molecule is COC(=O)CCC(C)(C)c1ccc(C)o1. The first kappa shape index (κ1) is 11.8. The fourth-order valence-corrected chi connectivity index (χ4v) is 1.44. The first-order valence-electron chi connectivity index (χ1n) is 5.09. The second-order valence-corrected chi connectivity index (χ2v) is 4.37. The predicted molar refractivity (Wildman–Crippen MR) is 57.7 cm³/mol. The molecule has 0 amide bonds. The van der Waals surface area contributed by atoms with Gasteiger partial charge in [0.25, 0.3) is 0 Å². The van der Waals surface area contributed by atoms with Crippen molar-refractivity contribution >= 4 is 5.97 Å². The van der Waals surface area contributed by atoms with Gasteiger partial charge in [0.15, 0.2) is 0 Å². The van der Waals surface area contributed by atoms with Gasteiger partial charge >= 0.3 is 5.97 Å². The number of aryl methyl sites for hydroxylation is 1. The number of carbonyl (C=O) groups is 1. The van der Waals surface area contributed by atoms with Crippen molar-refractivity contribution in [1.29, 1.82) is 0 Å². The van der Waals surface area contributed by atoms with Crippen LogP contribution >= 0.6 is 0 Å². The summed E-state index contributed by atoms with van der Waals surface area (Å²) in [6.07, 6.45) is 1.15. The molecule has 0 N–H and O–H groups in total. The van der Waals surface area contributed by atoms with E-state index in [1.165, 1.54) is 7.11 Å². The zero-order valence-corrected chi connectivity index (χ0v) is 9.79. The minimum atomic E-state index is -0.175. The van der Waals surface area contributed by atoms with Gasteiger partial charge in [-0.3, -0.25) is 4.79 Å². The van der Waals surface area contributed by atoms with Crippen LogP contribution in [0.5, 0.6) is 0 Å². The van der Waals surface area contributed by atoms with E-state index in [-0.39, 0.29) is 11.4 Å². The molecule has 0 bridgehead atoms. The summed E-state index contributed by atoms with van der Waals surface area (Å²) in [5.41, 5.74) is -0.123. The van der Waals surface area contributed by atoms with E-state index in [4.69, 9.17) is 4.42 Å². The van der Waals surface area contributed by atoms with Crippen LogP contribution in [-0.4, -0.2) is 13.1 Å². The molecule has 0 aliphatic heterocycles. The summed E-state index contributed by atoms with van der Waals surface area (Å²) in [6.45, 7) is 6.04. The largest absolute Gasteiger partial charge is 0.469 e. The fourth-order valence-electron chi connectivity index (χ4n) is 1.44. The van der Waals surface area contributed by atoms with Crippen LogP contribution in [0.15, 0.2) is 16.5 Å². The van der Waals surface area contributed by atoms with Crippen LogP contribution in [0.2, 0.25) is 0 Å². The highest BCUT2D eigenvalue weighted by Gasteiger charge is 2.25. The van der Waals surface area contributed by atoms with E-state index >= 15 is 0 Å². The molecular weight excluding hydrogens is 192 g/mol. The normalized spacial score (nSPS) is 11.5. The van der Waals surface area contributed by atoms with E-state index in [0.29, 0.717) is 6.42 Å². The van der Waals surface area contributed by atoms with Gasteiger partial charge in [0.1, 0.15) is 11.5 Å². The first-order valence-corrected chi connectivity index (χ1v) is 5.09. The van der Waals surface area contributed by atoms with Gasteiger partial charge in [-0.15, -0.1) is 0 Å². The third kappa shape index (κ3) is 3.11. The molecule has 1 aromatic heterocycles. The van der Waals surface area contributed by atoms with Gasteiger partial charge in [0.05, 0.1) is 7.11 Å². The molecule has 0 saturated heterocycles. The Balaban J connectivity index is 2.63. The Hall–Kier alpha value is -1.25. The van der Waals surface area contributed by atoms with Crippen LogP contribution in [0.4, 0.5) is 0 Å². The Morgan fingerprint density at radius 3 is 2.60 bits per heavy atom. The summed E-state index contributed by atoms with van der Waals surface area (Å²) >= 11 is 0. The molecule has 0 radical (unpaired) electrons. The Morgan fingerprint density at radius 2 is 2.13 bits per heavy atom. The summed E-state index contributed by atoms with van der Waals surface area (Å²) in [5, 5.41) is 0. The van der Waals surface area contributed by atoms with Crippen LogP contribution in [0.3, 0.4) is 0 Å². The molecule has 0 saturated carbocycles. The molecule has 1 rings (SSSR count). The Labute approximate surface area is 90.4 Å². The smallest absolute Gasteiger partial charge is 0.305 e. The molecule has 0 aliphatic carbocycles. The standard InChI is InChI=1S/C12H18O3/c1-9-5-6-10(15-9)12(2,3)8-7-11(13)14-4/h5-6H,7-8H2,1-4H3. The molecule has 1 heterocycles. The van der Waals surface area contributed by atoms with Crippen molar-refractivity contribution < 1.29 is 13.9 Å². The third-order valence-corrected chi connectivity index (χ3v) is 2.59. The van der Waals surface area contributed by atoms with E-state index in [1.807, 2.05) is 19.1 Å². The number of esters is 1. The summed E-state index contributed by atoms with van der Waals surface area (Å²) in [4.78, 5) is 11.0. The lowest BCUT2D eigenvalue weighted by Crippen LogP contribution is -2.18. The van der Waals surface area contributed by atoms with Crippen molar-refractivity contribution in [1.82, 2.24) is 0 Å². The molecule has 0 aliphatic rings. The van der Waals surface area contributed by atoms with Crippen molar-refractivity contribution in [3.63, 3.8) is 0 Å². The molecule has 0 fully saturated rings. The number of furan rings is 1. The van der Waals surface area contributed by atoms with Crippen LogP contribution in [-0.2, 0) is 14.9 Å². The van der Waals surface area contributed by atoms with Gasteiger partial charge in [-0.25, -0.2) is 0 Å². The van der Waals surface area contributed by atoms with Crippen molar-refractivity contribution in [2.24, 2.45) is 0 Å².